The van der Waals surface area contributed by atoms with Crippen molar-refractivity contribution in [3.8, 4) is 0 Å². The molecule has 0 unspecified atom stereocenters. The van der Waals surface area contributed by atoms with E-state index in [1.54, 1.807) is 4.90 Å². The lowest BCUT2D eigenvalue weighted by atomic mass is 10.2. The van der Waals surface area contributed by atoms with Gasteiger partial charge in [-0.1, -0.05) is 40.5 Å². The van der Waals surface area contributed by atoms with Crippen LogP contribution in [0.25, 0.3) is 0 Å². The van der Waals surface area contributed by atoms with Crippen LogP contribution in [-0.4, -0.2) is 53.1 Å². The summed E-state index contributed by atoms with van der Waals surface area (Å²) in [5.41, 5.74) is 0. The minimum absolute atomic E-state index is 0.136. The number of carbonyl (C=O) groups is 2. The highest BCUT2D eigenvalue weighted by Gasteiger charge is 2.22. The van der Waals surface area contributed by atoms with Gasteiger partial charge in [-0.15, -0.1) is 0 Å². The third-order valence-corrected chi connectivity index (χ3v) is 3.02. The zero-order chi connectivity index (χ0) is 15.5. The first-order valence-electron chi connectivity index (χ1n) is 7.67. The number of rotatable bonds is 10. The molecule has 0 bridgehead atoms. The van der Waals surface area contributed by atoms with Gasteiger partial charge in [0.25, 0.3) is 0 Å². The standard InChI is InChI=1S/C15H30N2O3/c1-5-7-9-16(10-8-6-2)15(20)17(11-13(3)4)12-14(18)19/h13H,5-12H2,1-4H3,(H,18,19). The summed E-state index contributed by atoms with van der Waals surface area (Å²) in [5, 5.41) is 8.97. The van der Waals surface area contributed by atoms with E-state index in [1.165, 1.54) is 4.90 Å². The first kappa shape index (κ1) is 18.7. The minimum atomic E-state index is -0.954. The molecule has 0 aromatic heterocycles. The molecular formula is C15H30N2O3. The smallest absolute Gasteiger partial charge is 0.323 e. The van der Waals surface area contributed by atoms with E-state index >= 15 is 0 Å². The number of aliphatic carboxylic acids is 1. The Labute approximate surface area is 122 Å². The molecule has 0 fully saturated rings. The number of hydrogen-bond acceptors (Lipinski definition) is 2. The fourth-order valence-electron chi connectivity index (χ4n) is 2.02. The molecule has 0 rings (SSSR count). The second-order valence-electron chi connectivity index (χ2n) is 5.64. The molecular weight excluding hydrogens is 256 g/mol. The van der Waals surface area contributed by atoms with E-state index in [1.807, 2.05) is 13.8 Å². The maximum atomic E-state index is 12.5. The van der Waals surface area contributed by atoms with Gasteiger partial charge in [0, 0.05) is 19.6 Å². The van der Waals surface area contributed by atoms with Gasteiger partial charge in [-0.2, -0.15) is 0 Å². The average molecular weight is 286 g/mol. The predicted octanol–water partition coefficient (Wildman–Crippen LogP) is 3.05. The molecule has 1 N–H and O–H groups in total. The average Bonchev–Trinajstić information content (AvgIpc) is 2.36. The van der Waals surface area contributed by atoms with Crippen LogP contribution in [-0.2, 0) is 4.79 Å². The number of carbonyl (C=O) groups excluding carboxylic acids is 1. The SMILES string of the molecule is CCCCN(CCCC)C(=O)N(CC(=O)O)CC(C)C. The lowest BCUT2D eigenvalue weighted by Gasteiger charge is -2.31. The molecule has 5 heteroatoms. The summed E-state index contributed by atoms with van der Waals surface area (Å²) in [5.74, 6) is -0.692. The van der Waals surface area contributed by atoms with Crippen LogP contribution in [0.5, 0.6) is 0 Å². The lowest BCUT2D eigenvalue weighted by Crippen LogP contribution is -2.47. The Balaban J connectivity index is 4.76. The van der Waals surface area contributed by atoms with Crippen LogP contribution < -0.4 is 0 Å². The van der Waals surface area contributed by atoms with E-state index < -0.39 is 5.97 Å². The van der Waals surface area contributed by atoms with Crippen LogP contribution in [0.1, 0.15) is 53.4 Å². The molecule has 0 atom stereocenters. The molecule has 0 radical (unpaired) electrons. The molecule has 5 nitrogen and oxygen atoms in total. The molecule has 20 heavy (non-hydrogen) atoms. The fraction of sp³-hybridized carbons (Fsp3) is 0.867. The molecule has 0 aliphatic carbocycles. The topological polar surface area (TPSA) is 60.9 Å². The minimum Gasteiger partial charge on any atom is -0.480 e. The van der Waals surface area contributed by atoms with Crippen molar-refractivity contribution in [1.29, 1.82) is 0 Å². The zero-order valence-electron chi connectivity index (χ0n) is 13.4. The maximum Gasteiger partial charge on any atom is 0.323 e. The van der Waals surface area contributed by atoms with E-state index in [-0.39, 0.29) is 18.5 Å². The summed E-state index contributed by atoms with van der Waals surface area (Å²) in [6.45, 7) is 9.85. The molecule has 118 valence electrons. The van der Waals surface area contributed by atoms with Crippen molar-refractivity contribution in [2.45, 2.75) is 53.4 Å². The molecule has 0 saturated carbocycles. The van der Waals surface area contributed by atoms with E-state index in [0.717, 1.165) is 25.7 Å². The fourth-order valence-corrected chi connectivity index (χ4v) is 2.02. The molecule has 0 saturated heterocycles. The van der Waals surface area contributed by atoms with E-state index in [9.17, 15) is 9.59 Å². The van der Waals surface area contributed by atoms with Crippen LogP contribution in [0.4, 0.5) is 4.79 Å². The second-order valence-corrected chi connectivity index (χ2v) is 5.64. The van der Waals surface area contributed by atoms with E-state index in [2.05, 4.69) is 13.8 Å². The van der Waals surface area contributed by atoms with Crippen molar-refractivity contribution in [3.05, 3.63) is 0 Å². The van der Waals surface area contributed by atoms with Crippen molar-refractivity contribution in [1.82, 2.24) is 9.80 Å². The van der Waals surface area contributed by atoms with Crippen molar-refractivity contribution in [3.63, 3.8) is 0 Å². The van der Waals surface area contributed by atoms with Gasteiger partial charge < -0.3 is 14.9 Å². The molecule has 0 heterocycles. The van der Waals surface area contributed by atoms with Crippen molar-refractivity contribution >= 4 is 12.0 Å². The van der Waals surface area contributed by atoms with Crippen LogP contribution in [0.2, 0.25) is 0 Å². The Kier molecular flexibility index (Phi) is 9.86. The van der Waals surface area contributed by atoms with E-state index in [4.69, 9.17) is 5.11 Å². The molecule has 2 amide bonds. The summed E-state index contributed by atoms with van der Waals surface area (Å²) in [4.78, 5) is 26.7. The number of urea groups is 1. The summed E-state index contributed by atoms with van der Waals surface area (Å²) >= 11 is 0. The van der Waals surface area contributed by atoms with Gasteiger partial charge >= 0.3 is 12.0 Å². The quantitative estimate of drug-likeness (QED) is 0.671. The van der Waals surface area contributed by atoms with Crippen LogP contribution in [0, 0.1) is 5.92 Å². The molecule has 0 spiro atoms. The van der Waals surface area contributed by atoms with Crippen LogP contribution in [0.15, 0.2) is 0 Å². The van der Waals surface area contributed by atoms with Gasteiger partial charge in [0.1, 0.15) is 6.54 Å². The monoisotopic (exact) mass is 286 g/mol. The van der Waals surface area contributed by atoms with Crippen molar-refractivity contribution < 1.29 is 14.7 Å². The molecule has 0 aromatic carbocycles. The van der Waals surface area contributed by atoms with Gasteiger partial charge in [0.2, 0.25) is 0 Å². The Hall–Kier alpha value is -1.26. The van der Waals surface area contributed by atoms with Crippen molar-refractivity contribution in [2.24, 2.45) is 5.92 Å². The highest BCUT2D eigenvalue weighted by molar-refractivity contribution is 5.80. The number of nitrogens with zero attached hydrogens (tertiary/aromatic N) is 2. The highest BCUT2D eigenvalue weighted by Crippen LogP contribution is 2.07. The predicted molar refractivity (Wildman–Crippen MR) is 80.8 cm³/mol. The normalized spacial score (nSPS) is 10.7. The van der Waals surface area contributed by atoms with Gasteiger partial charge in [0.05, 0.1) is 0 Å². The number of carboxylic acids is 1. The van der Waals surface area contributed by atoms with Crippen LogP contribution in [0.3, 0.4) is 0 Å². The number of carboxylic acid groups (broad SMARTS) is 1. The molecule has 0 aromatic rings. The second kappa shape index (κ2) is 10.5. The van der Waals surface area contributed by atoms with Gasteiger partial charge in [0.15, 0.2) is 0 Å². The van der Waals surface area contributed by atoms with Gasteiger partial charge in [-0.25, -0.2) is 4.79 Å². The zero-order valence-corrected chi connectivity index (χ0v) is 13.4. The largest absolute Gasteiger partial charge is 0.480 e. The van der Waals surface area contributed by atoms with Crippen molar-refractivity contribution in [2.75, 3.05) is 26.2 Å². The summed E-state index contributed by atoms with van der Waals surface area (Å²) in [6.07, 6.45) is 3.97. The molecule has 0 aliphatic heterocycles. The molecule has 0 aliphatic rings. The summed E-state index contributed by atoms with van der Waals surface area (Å²) in [7, 11) is 0. The third-order valence-electron chi connectivity index (χ3n) is 3.02. The Morgan fingerprint density at radius 2 is 1.50 bits per heavy atom. The third kappa shape index (κ3) is 8.02. The number of unbranched alkanes of at least 4 members (excludes halogenated alkanes) is 2. The first-order chi connectivity index (χ1) is 9.42. The van der Waals surface area contributed by atoms with E-state index in [0.29, 0.717) is 19.6 Å². The van der Waals surface area contributed by atoms with Gasteiger partial charge in [-0.3, -0.25) is 4.79 Å². The number of hydrogen-bond donors (Lipinski definition) is 1. The Morgan fingerprint density at radius 1 is 1.00 bits per heavy atom. The number of amides is 2. The van der Waals surface area contributed by atoms with Gasteiger partial charge in [-0.05, 0) is 18.8 Å². The summed E-state index contributed by atoms with van der Waals surface area (Å²) < 4.78 is 0. The highest BCUT2D eigenvalue weighted by atomic mass is 16.4. The Morgan fingerprint density at radius 3 is 1.85 bits per heavy atom. The Bertz CT molecular complexity index is 285. The van der Waals surface area contributed by atoms with Crippen LogP contribution >= 0.6 is 0 Å². The first-order valence-corrected chi connectivity index (χ1v) is 7.67. The summed E-state index contributed by atoms with van der Waals surface area (Å²) in [6, 6.07) is -0.136. The maximum absolute atomic E-state index is 12.5. The lowest BCUT2D eigenvalue weighted by molar-refractivity contribution is -0.137.